The molecule has 22 heavy (non-hydrogen) atoms. The van der Waals surface area contributed by atoms with Crippen LogP contribution in [0.3, 0.4) is 0 Å². The van der Waals surface area contributed by atoms with E-state index in [1.807, 2.05) is 0 Å². The first-order valence-corrected chi connectivity index (χ1v) is 11.6. The van der Waals surface area contributed by atoms with Crippen molar-refractivity contribution in [3.63, 3.8) is 0 Å². The lowest BCUT2D eigenvalue weighted by Crippen LogP contribution is -2.21. The van der Waals surface area contributed by atoms with Crippen molar-refractivity contribution in [3.05, 3.63) is 35.4 Å². The van der Waals surface area contributed by atoms with Crippen LogP contribution in [0, 0.1) is 0 Å². The van der Waals surface area contributed by atoms with E-state index in [1.54, 1.807) is 28.4 Å². The molecule has 0 aliphatic carbocycles. The largest absolute Gasteiger partial charge is 0.360 e. The van der Waals surface area contributed by atoms with E-state index < -0.39 is 0 Å². The smallest absolute Gasteiger partial charge is 0.134 e. The third-order valence-corrected chi connectivity index (χ3v) is 7.65. The third kappa shape index (κ3) is 7.66. The minimum Gasteiger partial charge on any atom is -0.360 e. The number of rotatable bonds is 12. The maximum absolute atomic E-state index is 5.28. The zero-order chi connectivity index (χ0) is 16.2. The number of methoxy groups -OCH3 is 4. The lowest BCUT2D eigenvalue weighted by atomic mass is 10.1. The van der Waals surface area contributed by atoms with E-state index in [2.05, 4.69) is 24.3 Å². The third-order valence-electron chi connectivity index (χ3n) is 3.85. The summed E-state index contributed by atoms with van der Waals surface area (Å²) in [5.74, 6) is 0.100. The Balaban J connectivity index is 2.35. The predicted molar refractivity (Wildman–Crippen MR) is 96.2 cm³/mol. The summed E-state index contributed by atoms with van der Waals surface area (Å²) in [5, 5.41) is 0. The summed E-state index contributed by atoms with van der Waals surface area (Å²) in [5.41, 5.74) is 2.85. The molecule has 0 N–H and O–H groups in total. The Kier molecular flexibility index (Phi) is 10.6. The van der Waals surface area contributed by atoms with Crippen molar-refractivity contribution in [3.8, 4) is 0 Å². The van der Waals surface area contributed by atoms with Gasteiger partial charge in [-0.25, -0.2) is 0 Å². The minimum absolute atomic E-state index is 0.0502. The maximum atomic E-state index is 5.28. The van der Waals surface area contributed by atoms with Crippen LogP contribution in [0.25, 0.3) is 0 Å². The monoisotopic (exact) mass is 342 g/mol. The van der Waals surface area contributed by atoms with Crippen molar-refractivity contribution < 1.29 is 18.9 Å². The van der Waals surface area contributed by atoms with E-state index >= 15 is 0 Å². The van der Waals surface area contributed by atoms with E-state index in [1.165, 1.54) is 23.2 Å². The zero-order valence-corrected chi connectivity index (χ0v) is 17.2. The normalized spacial score (nSPS) is 12.6. The molecule has 0 atom stereocenters. The van der Waals surface area contributed by atoms with Crippen LogP contribution in [0.1, 0.15) is 11.1 Å². The number of hydrogen-bond acceptors (Lipinski definition) is 4. The highest BCUT2D eigenvalue weighted by Crippen LogP contribution is 2.11. The summed E-state index contributed by atoms with van der Waals surface area (Å²) < 4.78 is 21.1. The van der Waals surface area contributed by atoms with Gasteiger partial charge in [-0.15, -0.1) is 0 Å². The maximum Gasteiger partial charge on any atom is 0.134 e. The molecule has 0 saturated carbocycles. The molecule has 0 aliphatic rings. The SMILES string of the molecule is COC(OC)[SiH2]CCc1cccc(CC[SiH2]C(OC)OC)c1. The molecule has 0 saturated heterocycles. The Morgan fingerprint density at radius 3 is 1.55 bits per heavy atom. The summed E-state index contributed by atoms with van der Waals surface area (Å²) in [6.45, 7) is 0. The highest BCUT2D eigenvalue weighted by molar-refractivity contribution is 6.36. The fraction of sp³-hybridized carbons (Fsp3) is 0.625. The van der Waals surface area contributed by atoms with Crippen LogP contribution in [0.5, 0.6) is 0 Å². The molecule has 1 aromatic carbocycles. The number of benzene rings is 1. The molecule has 1 rings (SSSR count). The highest BCUT2D eigenvalue weighted by Gasteiger charge is 2.07. The second-order valence-electron chi connectivity index (χ2n) is 5.41. The van der Waals surface area contributed by atoms with E-state index in [9.17, 15) is 0 Å². The Bertz CT molecular complexity index is 362. The minimum atomic E-state index is -0.335. The molecule has 126 valence electrons. The van der Waals surface area contributed by atoms with Gasteiger partial charge in [0.25, 0.3) is 0 Å². The number of aryl methyl sites for hydroxylation is 2. The molecule has 0 bridgehead atoms. The molecule has 0 amide bonds. The van der Waals surface area contributed by atoms with Gasteiger partial charge in [0.1, 0.15) is 11.8 Å². The average molecular weight is 343 g/mol. The van der Waals surface area contributed by atoms with Gasteiger partial charge in [-0.2, -0.15) is 0 Å². The van der Waals surface area contributed by atoms with Crippen molar-refractivity contribution in [2.24, 2.45) is 0 Å². The fourth-order valence-electron chi connectivity index (χ4n) is 2.55. The number of ether oxygens (including phenoxy) is 4. The molecule has 6 heteroatoms. The van der Waals surface area contributed by atoms with Crippen LogP contribution in [-0.2, 0) is 31.8 Å². The fourth-order valence-corrected chi connectivity index (χ4v) is 5.38. The topological polar surface area (TPSA) is 36.9 Å². The van der Waals surface area contributed by atoms with E-state index in [0.29, 0.717) is 0 Å². The van der Waals surface area contributed by atoms with Gasteiger partial charge in [0.2, 0.25) is 0 Å². The van der Waals surface area contributed by atoms with Gasteiger partial charge in [-0.3, -0.25) is 0 Å². The van der Waals surface area contributed by atoms with Gasteiger partial charge in [0, 0.05) is 28.4 Å². The van der Waals surface area contributed by atoms with Crippen LogP contribution in [-0.4, -0.2) is 59.3 Å². The molecule has 0 spiro atoms. The van der Waals surface area contributed by atoms with Crippen molar-refractivity contribution in [1.82, 2.24) is 0 Å². The van der Waals surface area contributed by atoms with E-state index in [4.69, 9.17) is 18.9 Å². The van der Waals surface area contributed by atoms with Gasteiger partial charge >= 0.3 is 0 Å². The molecule has 0 fully saturated rings. The summed E-state index contributed by atoms with van der Waals surface area (Å²) in [4.78, 5) is 0. The predicted octanol–water partition coefficient (Wildman–Crippen LogP) is 1.10. The average Bonchev–Trinajstić information content (AvgIpc) is 2.56. The van der Waals surface area contributed by atoms with Gasteiger partial charge in [0.15, 0.2) is 0 Å². The second kappa shape index (κ2) is 12.0. The van der Waals surface area contributed by atoms with Crippen LogP contribution < -0.4 is 0 Å². The molecule has 0 heterocycles. The van der Waals surface area contributed by atoms with Gasteiger partial charge in [0.05, 0.1) is 19.0 Å². The standard InChI is InChI=1S/C16H30O4Si2/c1-17-15(18-2)21-10-8-13-6-5-7-14(12-13)9-11-22-16(19-3)20-4/h5-7,12,15-16H,8-11,21-22H2,1-4H3. The van der Waals surface area contributed by atoms with Gasteiger partial charge < -0.3 is 18.9 Å². The Morgan fingerprint density at radius 1 is 0.773 bits per heavy atom. The summed E-state index contributed by atoms with van der Waals surface area (Å²) >= 11 is 0. The first-order valence-electron chi connectivity index (χ1n) is 7.92. The lowest BCUT2D eigenvalue weighted by molar-refractivity contribution is -0.0442. The molecular weight excluding hydrogens is 312 g/mol. The molecule has 0 aromatic heterocycles. The Labute approximate surface area is 139 Å². The van der Waals surface area contributed by atoms with Crippen molar-refractivity contribution >= 4 is 19.0 Å². The summed E-state index contributed by atoms with van der Waals surface area (Å²) in [7, 11) is 6.22. The van der Waals surface area contributed by atoms with E-state index in [-0.39, 0.29) is 30.9 Å². The molecule has 0 unspecified atom stereocenters. The molecule has 0 radical (unpaired) electrons. The van der Waals surface area contributed by atoms with Crippen molar-refractivity contribution in [1.29, 1.82) is 0 Å². The van der Waals surface area contributed by atoms with Crippen molar-refractivity contribution in [2.45, 2.75) is 36.8 Å². The molecule has 4 nitrogen and oxygen atoms in total. The molecular formula is C16H30O4Si2. The second-order valence-corrected chi connectivity index (χ2v) is 9.31. The first-order chi connectivity index (χ1) is 10.7. The van der Waals surface area contributed by atoms with E-state index in [0.717, 1.165) is 12.8 Å². The molecule has 1 aromatic rings. The highest BCUT2D eigenvalue weighted by atomic mass is 28.2. The van der Waals surface area contributed by atoms with Crippen LogP contribution in [0.4, 0.5) is 0 Å². The van der Waals surface area contributed by atoms with Crippen LogP contribution >= 0.6 is 0 Å². The number of hydrogen-bond donors (Lipinski definition) is 0. The van der Waals surface area contributed by atoms with Gasteiger partial charge in [-0.05, 0) is 24.0 Å². The van der Waals surface area contributed by atoms with Crippen molar-refractivity contribution in [2.75, 3.05) is 28.4 Å². The van der Waals surface area contributed by atoms with Gasteiger partial charge in [-0.1, -0.05) is 36.4 Å². The quantitative estimate of drug-likeness (QED) is 0.421. The molecule has 0 aliphatic heterocycles. The zero-order valence-electron chi connectivity index (χ0n) is 14.3. The summed E-state index contributed by atoms with van der Waals surface area (Å²) in [6, 6.07) is 11.4. The van der Waals surface area contributed by atoms with Crippen LogP contribution in [0.15, 0.2) is 24.3 Å². The Morgan fingerprint density at radius 2 is 1.18 bits per heavy atom. The first kappa shape index (κ1) is 19.5. The summed E-state index contributed by atoms with van der Waals surface area (Å²) in [6.07, 6.45) is 2.25. The van der Waals surface area contributed by atoms with Crippen LogP contribution in [0.2, 0.25) is 12.1 Å². The lowest BCUT2D eigenvalue weighted by Gasteiger charge is -2.13. The Hall–Kier alpha value is -0.506.